The first-order chi connectivity index (χ1) is 10.2. The van der Waals surface area contributed by atoms with Crippen molar-refractivity contribution in [2.24, 2.45) is 0 Å². The van der Waals surface area contributed by atoms with E-state index in [1.165, 1.54) is 0 Å². The van der Waals surface area contributed by atoms with Crippen LogP contribution in [0.5, 0.6) is 5.75 Å². The van der Waals surface area contributed by atoms with Crippen LogP contribution in [0.15, 0.2) is 18.2 Å². The Hall–Kier alpha value is -2.04. The molecule has 5 heteroatoms. The molecule has 1 N–H and O–H groups in total. The lowest BCUT2D eigenvalue weighted by Gasteiger charge is -2.24. The number of para-hydroxylation sites is 1. The summed E-state index contributed by atoms with van der Waals surface area (Å²) in [5.41, 5.74) is 1.60. The van der Waals surface area contributed by atoms with Gasteiger partial charge in [-0.2, -0.15) is 0 Å². The predicted molar refractivity (Wildman–Crippen MR) is 84.9 cm³/mol. The first-order valence-corrected chi connectivity index (χ1v) is 7.41. The van der Waals surface area contributed by atoms with Crippen molar-refractivity contribution >= 4 is 11.9 Å². The molecule has 0 saturated heterocycles. The molecule has 1 rings (SSSR count). The molecule has 0 radical (unpaired) electrons. The third-order valence-electron chi connectivity index (χ3n) is 3.47. The minimum Gasteiger partial charge on any atom is -0.481 e. The zero-order valence-corrected chi connectivity index (χ0v) is 14.0. The van der Waals surface area contributed by atoms with E-state index in [0.29, 0.717) is 5.75 Å². The highest BCUT2D eigenvalue weighted by molar-refractivity contribution is 5.81. The Kier molecular flexibility index (Phi) is 6.40. The van der Waals surface area contributed by atoms with Gasteiger partial charge < -0.3 is 14.8 Å². The number of hydrogen-bond donors (Lipinski definition) is 1. The predicted octanol–water partition coefficient (Wildman–Crippen LogP) is 2.53. The summed E-state index contributed by atoms with van der Waals surface area (Å²) in [6.45, 7) is 9.12. The maximum Gasteiger partial charge on any atom is 0.344 e. The summed E-state index contributed by atoms with van der Waals surface area (Å²) in [4.78, 5) is 23.3. The highest BCUT2D eigenvalue weighted by atomic mass is 16.6. The third-order valence-corrected chi connectivity index (χ3v) is 3.47. The lowest BCUT2D eigenvalue weighted by molar-refractivity contribution is -0.150. The Morgan fingerprint density at radius 1 is 1.14 bits per heavy atom. The fraction of sp³-hybridized carbons (Fsp3) is 0.529. The van der Waals surface area contributed by atoms with Gasteiger partial charge in [0.2, 0.25) is 0 Å². The SMILES string of the molecule is CCC(C)(C)NC(=O)COC(=O)COc1c(C)cccc1C. The standard InChI is InChI=1S/C17H25NO4/c1-6-17(4,5)18-14(19)10-21-15(20)11-22-16-12(2)8-7-9-13(16)3/h7-9H,6,10-11H2,1-5H3,(H,18,19). The van der Waals surface area contributed by atoms with Crippen LogP contribution in [-0.4, -0.2) is 30.6 Å². The van der Waals surface area contributed by atoms with Gasteiger partial charge >= 0.3 is 5.97 Å². The molecule has 0 bridgehead atoms. The van der Waals surface area contributed by atoms with E-state index >= 15 is 0 Å². The van der Waals surface area contributed by atoms with Crippen molar-refractivity contribution in [1.82, 2.24) is 5.32 Å². The van der Waals surface area contributed by atoms with E-state index in [9.17, 15) is 9.59 Å². The molecule has 1 amide bonds. The topological polar surface area (TPSA) is 64.6 Å². The van der Waals surface area contributed by atoms with Crippen LogP contribution < -0.4 is 10.1 Å². The molecule has 0 unspecified atom stereocenters. The first-order valence-electron chi connectivity index (χ1n) is 7.41. The number of carbonyl (C=O) groups excluding carboxylic acids is 2. The Bertz CT molecular complexity index is 517. The van der Waals surface area contributed by atoms with E-state index in [-0.39, 0.29) is 24.7 Å². The van der Waals surface area contributed by atoms with Crippen molar-refractivity contribution in [3.05, 3.63) is 29.3 Å². The average Bonchev–Trinajstić information content (AvgIpc) is 2.44. The van der Waals surface area contributed by atoms with Crippen molar-refractivity contribution in [1.29, 1.82) is 0 Å². The maximum atomic E-state index is 11.7. The number of benzene rings is 1. The van der Waals surface area contributed by atoms with Crippen molar-refractivity contribution < 1.29 is 19.1 Å². The van der Waals surface area contributed by atoms with Gasteiger partial charge in [0.05, 0.1) is 0 Å². The van der Waals surface area contributed by atoms with E-state index in [2.05, 4.69) is 5.32 Å². The number of esters is 1. The van der Waals surface area contributed by atoms with Crippen molar-refractivity contribution in [3.8, 4) is 5.75 Å². The van der Waals surface area contributed by atoms with Gasteiger partial charge in [-0.25, -0.2) is 4.79 Å². The summed E-state index contributed by atoms with van der Waals surface area (Å²) in [6.07, 6.45) is 0.794. The quantitative estimate of drug-likeness (QED) is 0.786. The molecule has 0 spiro atoms. The number of carbonyl (C=O) groups is 2. The van der Waals surface area contributed by atoms with Gasteiger partial charge in [-0.05, 0) is 45.2 Å². The largest absolute Gasteiger partial charge is 0.481 e. The van der Waals surface area contributed by atoms with Crippen LogP contribution in [0.2, 0.25) is 0 Å². The summed E-state index contributed by atoms with van der Waals surface area (Å²) < 4.78 is 10.4. The highest BCUT2D eigenvalue weighted by Gasteiger charge is 2.18. The monoisotopic (exact) mass is 307 g/mol. The molecule has 0 heterocycles. The Labute approximate surface area is 132 Å². The van der Waals surface area contributed by atoms with Crippen LogP contribution >= 0.6 is 0 Å². The number of aryl methyl sites for hydroxylation is 2. The van der Waals surface area contributed by atoms with Gasteiger partial charge in [0.1, 0.15) is 5.75 Å². The fourth-order valence-electron chi connectivity index (χ4n) is 1.85. The van der Waals surface area contributed by atoms with E-state index < -0.39 is 5.97 Å². The minimum absolute atomic E-state index is 0.212. The molecule has 122 valence electrons. The molecular formula is C17H25NO4. The normalized spacial score (nSPS) is 11.0. The van der Waals surface area contributed by atoms with Gasteiger partial charge in [-0.3, -0.25) is 4.79 Å². The molecule has 0 fully saturated rings. The molecule has 5 nitrogen and oxygen atoms in total. The molecule has 1 aromatic carbocycles. The van der Waals surface area contributed by atoms with E-state index in [0.717, 1.165) is 17.5 Å². The van der Waals surface area contributed by atoms with Crippen LogP contribution in [0, 0.1) is 13.8 Å². The second kappa shape index (κ2) is 7.82. The molecule has 0 aromatic heterocycles. The summed E-state index contributed by atoms with van der Waals surface area (Å²) >= 11 is 0. The molecule has 0 aliphatic carbocycles. The van der Waals surface area contributed by atoms with E-state index in [1.807, 2.05) is 52.8 Å². The molecule has 0 saturated carbocycles. The first kappa shape index (κ1) is 18.0. The number of nitrogens with one attached hydrogen (secondary N) is 1. The van der Waals surface area contributed by atoms with E-state index in [1.54, 1.807) is 0 Å². The van der Waals surface area contributed by atoms with Crippen LogP contribution in [0.3, 0.4) is 0 Å². The number of rotatable bonds is 7. The second-order valence-corrected chi connectivity index (χ2v) is 5.96. The minimum atomic E-state index is -0.563. The smallest absolute Gasteiger partial charge is 0.344 e. The Morgan fingerprint density at radius 2 is 1.73 bits per heavy atom. The molecule has 22 heavy (non-hydrogen) atoms. The van der Waals surface area contributed by atoms with Crippen LogP contribution in [0.4, 0.5) is 0 Å². The van der Waals surface area contributed by atoms with Gasteiger partial charge in [0.15, 0.2) is 13.2 Å². The van der Waals surface area contributed by atoms with E-state index in [4.69, 9.17) is 9.47 Å². The summed E-state index contributed by atoms with van der Waals surface area (Å²) in [5.74, 6) is -0.199. The number of ether oxygens (including phenoxy) is 2. The summed E-state index contributed by atoms with van der Waals surface area (Å²) in [7, 11) is 0. The zero-order valence-electron chi connectivity index (χ0n) is 14.0. The second-order valence-electron chi connectivity index (χ2n) is 5.96. The van der Waals surface area contributed by atoms with Crippen molar-refractivity contribution in [2.75, 3.05) is 13.2 Å². The Balaban J connectivity index is 2.40. The summed E-state index contributed by atoms with van der Waals surface area (Å²) in [6, 6.07) is 5.75. The fourth-order valence-corrected chi connectivity index (χ4v) is 1.85. The maximum absolute atomic E-state index is 11.7. The van der Waals surface area contributed by atoms with Gasteiger partial charge in [-0.15, -0.1) is 0 Å². The Morgan fingerprint density at radius 3 is 2.27 bits per heavy atom. The lowest BCUT2D eigenvalue weighted by Crippen LogP contribution is -2.44. The summed E-state index contributed by atoms with van der Waals surface area (Å²) in [5, 5.41) is 2.80. The third kappa shape index (κ3) is 5.76. The van der Waals surface area contributed by atoms with Crippen LogP contribution in [0.1, 0.15) is 38.3 Å². The molecule has 1 aromatic rings. The zero-order chi connectivity index (χ0) is 16.8. The van der Waals surface area contributed by atoms with Gasteiger partial charge in [0.25, 0.3) is 5.91 Å². The molecule has 0 atom stereocenters. The van der Waals surface area contributed by atoms with Crippen molar-refractivity contribution in [3.63, 3.8) is 0 Å². The van der Waals surface area contributed by atoms with Crippen molar-refractivity contribution in [2.45, 2.75) is 46.6 Å². The van der Waals surface area contributed by atoms with Crippen LogP contribution in [-0.2, 0) is 14.3 Å². The van der Waals surface area contributed by atoms with Crippen LogP contribution in [0.25, 0.3) is 0 Å². The lowest BCUT2D eigenvalue weighted by atomic mass is 10.0. The van der Waals surface area contributed by atoms with Gasteiger partial charge in [-0.1, -0.05) is 25.1 Å². The molecular weight excluding hydrogens is 282 g/mol. The number of hydrogen-bond acceptors (Lipinski definition) is 4. The molecule has 0 aliphatic heterocycles. The average molecular weight is 307 g/mol. The van der Waals surface area contributed by atoms with Gasteiger partial charge in [0, 0.05) is 5.54 Å². The number of amides is 1. The highest BCUT2D eigenvalue weighted by Crippen LogP contribution is 2.22. The molecule has 0 aliphatic rings.